The topological polar surface area (TPSA) is 86.2 Å². The van der Waals surface area contributed by atoms with Crippen LogP contribution in [0.2, 0.25) is 0 Å². The minimum absolute atomic E-state index is 0.929. The molecule has 0 aliphatic heterocycles. The molecular formula is C60H126N3O4P. The van der Waals surface area contributed by atoms with Gasteiger partial charge in [-0.2, -0.15) is 7.82 Å². The van der Waals surface area contributed by atoms with Crippen LogP contribution >= 0.6 is 7.82 Å². The van der Waals surface area contributed by atoms with E-state index in [-0.39, 0.29) is 0 Å². The van der Waals surface area contributed by atoms with Gasteiger partial charge in [0.25, 0.3) is 0 Å². The molecule has 0 aromatic heterocycles. The van der Waals surface area contributed by atoms with Crippen LogP contribution in [0.15, 0.2) is 0 Å². The SMILES string of the molecule is CCCCCCCC[N+](C)(C)C1CCCCCCCCC1.CCCCCCCC[N+](C)(C)C1CCCCCCCCC1.CCCCCCCC[N+](C)(C)C1CCCCCCCCC1.O=P([O-])([O-])[O-]. The lowest BCUT2D eigenvalue weighted by Gasteiger charge is -2.39. The van der Waals surface area contributed by atoms with Crippen molar-refractivity contribution in [3.63, 3.8) is 0 Å². The molecule has 3 aliphatic rings. The van der Waals surface area contributed by atoms with E-state index in [1.54, 1.807) is 0 Å². The Labute approximate surface area is 428 Å². The van der Waals surface area contributed by atoms with Crippen molar-refractivity contribution in [2.24, 2.45) is 0 Å². The minimum atomic E-state index is -5.39. The lowest BCUT2D eigenvalue weighted by molar-refractivity contribution is -0.916. The van der Waals surface area contributed by atoms with Gasteiger partial charge in [0.15, 0.2) is 0 Å². The molecule has 0 N–H and O–H groups in total. The zero-order valence-corrected chi connectivity index (χ0v) is 49.0. The quantitative estimate of drug-likeness (QED) is 0.0548. The second-order valence-corrected chi connectivity index (χ2v) is 25.3. The van der Waals surface area contributed by atoms with E-state index in [0.29, 0.717) is 0 Å². The predicted molar refractivity (Wildman–Crippen MR) is 295 cm³/mol. The molecule has 3 aliphatic carbocycles. The first kappa shape index (κ1) is 68.0. The second-order valence-electron chi connectivity index (χ2n) is 24.4. The van der Waals surface area contributed by atoms with Gasteiger partial charge in [0.1, 0.15) is 0 Å². The van der Waals surface area contributed by atoms with E-state index in [9.17, 15) is 0 Å². The standard InChI is InChI=1S/3C20H42N.H3O4P/c3*1-4-5-6-7-13-16-19-21(2,3)20-17-14-11-9-8-10-12-15-18-20;1-5(2,3)4/h3*20H,4-19H2,1-3H3;(H3,1,2,3,4)/q3*+1;/p-3. The first-order valence-electron chi connectivity index (χ1n) is 30.7. The Hall–Kier alpha value is -0.0100. The van der Waals surface area contributed by atoms with Crippen LogP contribution in [0.5, 0.6) is 0 Å². The summed E-state index contributed by atoms with van der Waals surface area (Å²) in [5, 5.41) is 0. The summed E-state index contributed by atoms with van der Waals surface area (Å²) in [6, 6.07) is 2.79. The molecule has 0 amide bonds. The molecule has 3 saturated carbocycles. The Balaban J connectivity index is 0.000000941. The van der Waals surface area contributed by atoms with E-state index in [4.69, 9.17) is 19.2 Å². The fourth-order valence-electron chi connectivity index (χ4n) is 11.9. The number of unbranched alkanes of at least 4 members (excludes halogenated alkanes) is 15. The van der Waals surface area contributed by atoms with E-state index >= 15 is 0 Å². The molecule has 3 rings (SSSR count). The molecule has 410 valence electrons. The fourth-order valence-corrected chi connectivity index (χ4v) is 11.9. The highest BCUT2D eigenvalue weighted by atomic mass is 31.2. The molecule has 68 heavy (non-hydrogen) atoms. The van der Waals surface area contributed by atoms with Gasteiger partial charge >= 0.3 is 0 Å². The summed E-state index contributed by atoms with van der Waals surface area (Å²) in [6.45, 7) is 11.1. The lowest BCUT2D eigenvalue weighted by Crippen LogP contribution is -2.49. The van der Waals surface area contributed by atoms with E-state index in [2.05, 4.69) is 63.1 Å². The van der Waals surface area contributed by atoms with Crippen LogP contribution in [0.1, 0.15) is 310 Å². The molecule has 8 heteroatoms. The summed E-state index contributed by atoms with van der Waals surface area (Å²) in [7, 11) is 9.63. The average molecular weight is 985 g/mol. The van der Waals surface area contributed by atoms with Crippen LogP contribution in [0.25, 0.3) is 0 Å². The van der Waals surface area contributed by atoms with E-state index in [1.165, 1.54) is 322 Å². The highest BCUT2D eigenvalue weighted by Crippen LogP contribution is 2.27. The average Bonchev–Trinajstić information content (AvgIpc) is 3.29. The number of rotatable bonds is 24. The first-order chi connectivity index (χ1) is 32.5. The van der Waals surface area contributed by atoms with Crippen molar-refractivity contribution >= 4 is 7.82 Å². The van der Waals surface area contributed by atoms with Crippen molar-refractivity contribution in [1.82, 2.24) is 0 Å². The summed E-state index contributed by atoms with van der Waals surface area (Å²) >= 11 is 0. The smallest absolute Gasteiger partial charge is 0.0886 e. The van der Waals surface area contributed by atoms with Crippen LogP contribution in [0, 0.1) is 0 Å². The van der Waals surface area contributed by atoms with Crippen LogP contribution in [0.4, 0.5) is 0 Å². The predicted octanol–water partition coefficient (Wildman–Crippen LogP) is 16.1. The molecule has 7 nitrogen and oxygen atoms in total. The third-order valence-electron chi connectivity index (χ3n) is 17.0. The molecule has 0 saturated heterocycles. The fraction of sp³-hybridized carbons (Fsp3) is 1.00. The van der Waals surface area contributed by atoms with E-state index < -0.39 is 7.82 Å². The Morgan fingerprint density at radius 2 is 0.441 bits per heavy atom. The van der Waals surface area contributed by atoms with Crippen LogP contribution in [-0.4, -0.2) is 93.5 Å². The minimum Gasteiger partial charge on any atom is -0.822 e. The zero-order valence-electron chi connectivity index (χ0n) is 48.1. The molecule has 0 bridgehead atoms. The van der Waals surface area contributed by atoms with Gasteiger partial charge in [0.2, 0.25) is 0 Å². The molecule has 0 atom stereocenters. The van der Waals surface area contributed by atoms with Gasteiger partial charge in [-0.15, -0.1) is 0 Å². The van der Waals surface area contributed by atoms with E-state index in [0.717, 1.165) is 18.1 Å². The van der Waals surface area contributed by atoms with Crippen molar-refractivity contribution in [2.45, 2.75) is 328 Å². The van der Waals surface area contributed by atoms with Gasteiger partial charge in [0, 0.05) is 0 Å². The number of hydrogen-bond acceptors (Lipinski definition) is 4. The summed E-state index contributed by atoms with van der Waals surface area (Å²) in [4.78, 5) is 25.6. The van der Waals surface area contributed by atoms with Crippen LogP contribution < -0.4 is 14.7 Å². The molecule has 0 spiro atoms. The number of hydrogen-bond donors (Lipinski definition) is 0. The normalized spacial score (nSPS) is 19.0. The molecular weight excluding hydrogens is 858 g/mol. The van der Waals surface area contributed by atoms with Gasteiger partial charge < -0.3 is 32.7 Å². The summed E-state index contributed by atoms with van der Waals surface area (Å²) in [5.74, 6) is 0. The number of quaternary nitrogens is 3. The van der Waals surface area contributed by atoms with E-state index in [1.807, 2.05) is 0 Å². The highest BCUT2D eigenvalue weighted by Gasteiger charge is 2.29. The molecule has 0 aromatic carbocycles. The second kappa shape index (κ2) is 44.5. The number of nitrogens with zero attached hydrogens (tertiary/aromatic N) is 3. The van der Waals surface area contributed by atoms with Crippen molar-refractivity contribution in [3.05, 3.63) is 0 Å². The maximum Gasteiger partial charge on any atom is 0.0886 e. The largest absolute Gasteiger partial charge is 0.822 e. The van der Waals surface area contributed by atoms with Gasteiger partial charge in [-0.1, -0.05) is 194 Å². The number of phosphoric acid groups is 1. The van der Waals surface area contributed by atoms with Gasteiger partial charge in [-0.05, 0) is 116 Å². The Morgan fingerprint density at radius 1 is 0.294 bits per heavy atom. The van der Waals surface area contributed by atoms with Crippen molar-refractivity contribution in [2.75, 3.05) is 61.9 Å². The van der Waals surface area contributed by atoms with Crippen LogP contribution in [-0.2, 0) is 4.57 Å². The van der Waals surface area contributed by atoms with Crippen molar-refractivity contribution < 1.29 is 32.7 Å². The lowest BCUT2D eigenvalue weighted by atomic mass is 9.95. The third-order valence-corrected chi connectivity index (χ3v) is 17.0. The van der Waals surface area contributed by atoms with Crippen LogP contribution in [0.3, 0.4) is 0 Å². The maximum atomic E-state index is 8.55. The molecule has 0 radical (unpaired) electrons. The summed E-state index contributed by atoms with van der Waals surface area (Å²) in [6.07, 6.45) is 65.7. The third kappa shape index (κ3) is 42.5. The molecule has 0 heterocycles. The Morgan fingerprint density at radius 3 is 0.618 bits per heavy atom. The highest BCUT2D eigenvalue weighted by molar-refractivity contribution is 7.40. The molecule has 0 aromatic rings. The van der Waals surface area contributed by atoms with Gasteiger partial charge in [-0.25, -0.2) is 0 Å². The van der Waals surface area contributed by atoms with Crippen molar-refractivity contribution in [1.29, 1.82) is 0 Å². The summed E-state index contributed by atoms with van der Waals surface area (Å²) < 4.78 is 12.4. The monoisotopic (exact) mass is 984 g/mol. The van der Waals surface area contributed by atoms with Crippen molar-refractivity contribution in [3.8, 4) is 0 Å². The summed E-state index contributed by atoms with van der Waals surface area (Å²) in [5.41, 5.74) is 0. The van der Waals surface area contributed by atoms with Gasteiger partial charge in [-0.3, -0.25) is 0 Å². The maximum absolute atomic E-state index is 8.55. The Kier molecular flexibility index (Phi) is 44.5. The van der Waals surface area contributed by atoms with Gasteiger partial charge in [0.05, 0.1) is 80.0 Å². The zero-order chi connectivity index (χ0) is 50.7. The molecule has 3 fully saturated rings. The molecule has 0 unspecified atom stereocenters. The Bertz CT molecular complexity index is 955. The first-order valence-corrected chi connectivity index (χ1v) is 32.2.